The highest BCUT2D eigenvalue weighted by atomic mass is 79.9. The Labute approximate surface area is 255 Å². The summed E-state index contributed by atoms with van der Waals surface area (Å²) in [4.78, 5) is 15.9. The quantitative estimate of drug-likeness (QED) is 0.205. The smallest absolute Gasteiger partial charge is 0.261 e. The first-order valence-electron chi connectivity index (χ1n) is 14.5. The second kappa shape index (κ2) is 13.1. The number of allylic oxidation sites excluding steroid dienone is 2. The molecule has 2 aromatic rings. The fraction of sp³-hybridized carbons (Fsp3) is 0.531. The van der Waals surface area contributed by atoms with Gasteiger partial charge in [0.25, 0.3) is 5.91 Å². The third kappa shape index (κ3) is 6.37. The molecule has 1 N–H and O–H groups in total. The van der Waals surface area contributed by atoms with Crippen LogP contribution in [0.4, 0.5) is 10.1 Å². The van der Waals surface area contributed by atoms with Crippen molar-refractivity contribution in [3.63, 3.8) is 0 Å². The Kier molecular flexibility index (Phi) is 9.74. The molecule has 0 saturated heterocycles. The van der Waals surface area contributed by atoms with Gasteiger partial charge in [-0.05, 0) is 98.2 Å². The van der Waals surface area contributed by atoms with Crippen molar-refractivity contribution in [2.24, 2.45) is 11.8 Å². The average molecular weight is 650 g/mol. The zero-order valence-electron chi connectivity index (χ0n) is 23.5. The summed E-state index contributed by atoms with van der Waals surface area (Å²) in [6, 6.07) is 9.39. The van der Waals surface area contributed by atoms with E-state index >= 15 is 4.39 Å². The zero-order valence-corrected chi connectivity index (χ0v) is 26.7. The third-order valence-corrected chi connectivity index (χ3v) is 11.4. The van der Waals surface area contributed by atoms with Gasteiger partial charge in [-0.2, -0.15) is 0 Å². The van der Waals surface area contributed by atoms with E-state index in [4.69, 9.17) is 16.3 Å². The Morgan fingerprint density at radius 2 is 2.02 bits per heavy atom. The fourth-order valence-electron chi connectivity index (χ4n) is 6.25. The van der Waals surface area contributed by atoms with Crippen LogP contribution in [0.15, 0.2) is 42.0 Å². The largest absolute Gasteiger partial charge is 0.491 e. The molecule has 2 aliphatic heterocycles. The Morgan fingerprint density at radius 1 is 1.20 bits per heavy atom. The van der Waals surface area contributed by atoms with Gasteiger partial charge in [-0.1, -0.05) is 65.5 Å². The van der Waals surface area contributed by atoms with Gasteiger partial charge < -0.3 is 9.64 Å². The molecular formula is C32H39BrClFN2O2S. The molecule has 2 heterocycles. The molecule has 5 atom stereocenters. The highest BCUT2D eigenvalue weighted by Crippen LogP contribution is 2.45. The van der Waals surface area contributed by atoms with Gasteiger partial charge in [-0.15, -0.1) is 0 Å². The minimum atomic E-state index is -0.315. The van der Waals surface area contributed by atoms with Crippen molar-refractivity contribution in [1.82, 2.24) is 4.72 Å². The molecule has 0 radical (unpaired) electrons. The number of halogens is 3. The van der Waals surface area contributed by atoms with Gasteiger partial charge >= 0.3 is 0 Å². The first-order chi connectivity index (χ1) is 19.3. The van der Waals surface area contributed by atoms with Crippen LogP contribution < -0.4 is 14.4 Å². The molecule has 2 aromatic carbocycles. The van der Waals surface area contributed by atoms with Crippen molar-refractivity contribution in [2.75, 3.05) is 24.6 Å². The van der Waals surface area contributed by atoms with Crippen LogP contribution >= 0.6 is 39.5 Å². The molecule has 1 saturated carbocycles. The van der Waals surface area contributed by atoms with Gasteiger partial charge in [0.1, 0.15) is 11.6 Å². The topological polar surface area (TPSA) is 41.6 Å². The van der Waals surface area contributed by atoms with Crippen LogP contribution in [0, 0.1) is 17.7 Å². The molecule has 4 unspecified atom stereocenters. The van der Waals surface area contributed by atoms with Crippen LogP contribution in [0.5, 0.6) is 5.75 Å². The summed E-state index contributed by atoms with van der Waals surface area (Å²) < 4.78 is 24.7. The highest BCUT2D eigenvalue weighted by molar-refractivity contribution is 9.09. The lowest BCUT2D eigenvalue weighted by Gasteiger charge is -2.43. The Bertz CT molecular complexity index is 1270. The summed E-state index contributed by atoms with van der Waals surface area (Å²) in [5.41, 5.74) is 4.62. The second-order valence-electron chi connectivity index (χ2n) is 11.6. The number of carbonyl (C=O) groups excluding carboxylic acids is 1. The van der Waals surface area contributed by atoms with E-state index in [9.17, 15) is 4.79 Å². The molecule has 216 valence electrons. The van der Waals surface area contributed by atoms with E-state index in [-0.39, 0.29) is 22.7 Å². The normalized spacial score (nSPS) is 28.8. The Hall–Kier alpha value is -1.70. The van der Waals surface area contributed by atoms with Gasteiger partial charge in [-0.25, -0.2) is 4.39 Å². The van der Waals surface area contributed by atoms with E-state index in [2.05, 4.69) is 52.4 Å². The van der Waals surface area contributed by atoms with E-state index in [0.717, 1.165) is 42.8 Å². The fourth-order valence-corrected chi connectivity index (χ4v) is 7.99. The lowest BCUT2D eigenvalue weighted by Crippen LogP contribution is -2.43. The third-order valence-electron chi connectivity index (χ3n) is 8.75. The number of ether oxygens (including phenoxy) is 1. The Balaban J connectivity index is 1.53. The van der Waals surface area contributed by atoms with Crippen molar-refractivity contribution < 1.29 is 13.9 Å². The maximum Gasteiger partial charge on any atom is 0.261 e. The van der Waals surface area contributed by atoms with Crippen LogP contribution in [0.3, 0.4) is 0 Å². The predicted molar refractivity (Wildman–Crippen MR) is 169 cm³/mol. The summed E-state index contributed by atoms with van der Waals surface area (Å²) in [5, 5.41) is 0.478. The number of nitrogens with zero attached hydrogens (tertiary/aromatic N) is 1. The van der Waals surface area contributed by atoms with Gasteiger partial charge in [0.15, 0.2) is 0 Å². The predicted octanol–water partition coefficient (Wildman–Crippen LogP) is 8.71. The maximum atomic E-state index is 15.2. The highest BCUT2D eigenvalue weighted by Gasteiger charge is 2.39. The number of amides is 1. The van der Waals surface area contributed by atoms with Crippen molar-refractivity contribution in [3.05, 3.63) is 69.5 Å². The molecule has 4 nitrogen and oxygen atoms in total. The molecule has 40 heavy (non-hydrogen) atoms. The van der Waals surface area contributed by atoms with Crippen LogP contribution in [-0.2, 0) is 6.42 Å². The number of anilines is 1. The summed E-state index contributed by atoms with van der Waals surface area (Å²) >= 11 is 11.7. The maximum absolute atomic E-state index is 15.2. The van der Waals surface area contributed by atoms with Crippen molar-refractivity contribution in [2.45, 2.75) is 75.3 Å². The molecule has 2 bridgehead atoms. The number of carbonyl (C=O) groups is 1. The molecule has 0 spiro atoms. The zero-order chi connectivity index (χ0) is 28.4. The molecular weight excluding hydrogens is 611 g/mol. The SMILES string of the molecule is CCCc1c(C2COc3ccc4cc3N(C2)C[C@@H]2CCC2C(Br)/C(C)=C/CCC(C)SNC4=O)ccc(Cl)c1F. The van der Waals surface area contributed by atoms with Crippen LogP contribution in [0.2, 0.25) is 5.02 Å². The number of nitrogens with one attached hydrogen (secondary N) is 1. The summed E-state index contributed by atoms with van der Waals surface area (Å²) in [6.07, 6.45) is 8.20. The van der Waals surface area contributed by atoms with Crippen molar-refractivity contribution in [1.29, 1.82) is 0 Å². The lowest BCUT2D eigenvalue weighted by molar-refractivity contribution is 0.0984. The van der Waals surface area contributed by atoms with E-state index in [1.807, 2.05) is 24.3 Å². The molecule has 3 aliphatic rings. The standard InChI is InChI=1S/C32H39BrClFN2O2S/c1-4-6-26-24(12-13-27(34)31(26)35)23-17-37-16-22-9-11-25(22)30(33)19(2)7-5-8-20(3)40-36-32(38)21-10-14-29(39-18-23)28(37)15-21/h7,10,12-15,20,22-23,25,30H,4-6,8-9,11,16-18H2,1-3H3,(H,36,38)/b19-7+/t20?,22-,23?,25?,30?/m0/s1. The first kappa shape index (κ1) is 29.8. The molecule has 5 rings (SSSR count). The molecule has 1 amide bonds. The summed E-state index contributed by atoms with van der Waals surface area (Å²) in [6.45, 7) is 8.44. The summed E-state index contributed by atoms with van der Waals surface area (Å²) in [7, 11) is 0. The first-order valence-corrected chi connectivity index (χ1v) is 16.7. The average Bonchev–Trinajstić information content (AvgIpc) is 3.11. The lowest BCUT2D eigenvalue weighted by atomic mass is 9.70. The van der Waals surface area contributed by atoms with Gasteiger partial charge in [-0.3, -0.25) is 9.52 Å². The monoisotopic (exact) mass is 648 g/mol. The summed E-state index contributed by atoms with van der Waals surface area (Å²) in [5.74, 6) is 1.40. The Morgan fingerprint density at radius 3 is 2.77 bits per heavy atom. The van der Waals surface area contributed by atoms with Crippen LogP contribution in [0.1, 0.15) is 80.3 Å². The minimum absolute atomic E-state index is 0.0279. The van der Waals surface area contributed by atoms with Gasteiger partial charge in [0, 0.05) is 34.6 Å². The second-order valence-corrected chi connectivity index (χ2v) is 14.2. The van der Waals surface area contributed by atoms with Crippen LogP contribution in [-0.4, -0.2) is 35.7 Å². The van der Waals surface area contributed by atoms with Gasteiger partial charge in [0.2, 0.25) is 0 Å². The van der Waals surface area contributed by atoms with Crippen LogP contribution in [0.25, 0.3) is 0 Å². The number of fused-ring (bicyclic) bond motifs is 2. The van der Waals surface area contributed by atoms with Crippen molar-refractivity contribution in [3.8, 4) is 5.75 Å². The molecule has 0 aromatic heterocycles. The van der Waals surface area contributed by atoms with E-state index < -0.39 is 0 Å². The van der Waals surface area contributed by atoms with E-state index in [0.29, 0.717) is 52.6 Å². The van der Waals surface area contributed by atoms with E-state index in [1.54, 1.807) is 6.07 Å². The molecule has 8 heteroatoms. The number of hydrogen-bond acceptors (Lipinski definition) is 4. The number of rotatable bonds is 3. The number of benzene rings is 2. The number of hydrogen-bond donors (Lipinski definition) is 1. The minimum Gasteiger partial charge on any atom is -0.491 e. The molecule has 1 aliphatic carbocycles. The van der Waals surface area contributed by atoms with Gasteiger partial charge in [0.05, 0.1) is 17.3 Å². The molecule has 1 fully saturated rings. The van der Waals surface area contributed by atoms with E-state index in [1.165, 1.54) is 30.4 Å². The van der Waals surface area contributed by atoms with Crippen molar-refractivity contribution >= 4 is 51.1 Å². The number of alkyl halides is 1.